The standard InChI is InChI=1S/C16H25F3N6OS/c1-21-15(23-8-13-24-12(10-27-13)16(17,18)19)22-5-3-7-25-6-2-4-11(9-25)14(20)26/h10-11H,2-9H2,1H3,(H2,20,26)(H2,21,22,23). The molecule has 1 atom stereocenters. The third-order valence-electron chi connectivity index (χ3n) is 4.32. The second kappa shape index (κ2) is 9.88. The maximum atomic E-state index is 12.6. The van der Waals surface area contributed by atoms with Crippen LogP contribution in [0.4, 0.5) is 13.2 Å². The van der Waals surface area contributed by atoms with E-state index in [9.17, 15) is 18.0 Å². The molecule has 27 heavy (non-hydrogen) atoms. The Morgan fingerprint density at radius 3 is 2.89 bits per heavy atom. The molecule has 1 saturated heterocycles. The van der Waals surface area contributed by atoms with E-state index in [-0.39, 0.29) is 18.4 Å². The summed E-state index contributed by atoms with van der Waals surface area (Å²) < 4.78 is 37.7. The number of aliphatic imine (C=N–C) groups is 1. The van der Waals surface area contributed by atoms with Crippen LogP contribution in [0.25, 0.3) is 0 Å². The van der Waals surface area contributed by atoms with Crippen molar-refractivity contribution in [3.8, 4) is 0 Å². The summed E-state index contributed by atoms with van der Waals surface area (Å²) in [6.07, 6.45) is -1.75. The summed E-state index contributed by atoms with van der Waals surface area (Å²) in [7, 11) is 1.60. The molecule has 2 heterocycles. The third-order valence-corrected chi connectivity index (χ3v) is 5.17. The van der Waals surface area contributed by atoms with E-state index in [1.165, 1.54) is 0 Å². The van der Waals surface area contributed by atoms with E-state index in [2.05, 4.69) is 25.5 Å². The summed E-state index contributed by atoms with van der Waals surface area (Å²) in [5.41, 5.74) is 4.51. The Kier molecular flexibility index (Phi) is 7.84. The highest BCUT2D eigenvalue weighted by Gasteiger charge is 2.33. The van der Waals surface area contributed by atoms with Gasteiger partial charge in [-0.25, -0.2) is 4.98 Å². The van der Waals surface area contributed by atoms with Crippen molar-refractivity contribution in [3.05, 3.63) is 16.1 Å². The zero-order chi connectivity index (χ0) is 19.9. The number of aromatic nitrogens is 1. The first-order valence-corrected chi connectivity index (χ1v) is 9.65. The maximum absolute atomic E-state index is 12.6. The third kappa shape index (κ3) is 6.98. The number of rotatable bonds is 7. The first-order valence-electron chi connectivity index (χ1n) is 8.77. The molecule has 1 unspecified atom stereocenters. The Balaban J connectivity index is 1.67. The molecule has 7 nitrogen and oxygen atoms in total. The molecular weight excluding hydrogens is 381 g/mol. The maximum Gasteiger partial charge on any atom is 0.434 e. The number of likely N-dealkylation sites (tertiary alicyclic amines) is 1. The minimum absolute atomic E-state index is 0.0685. The van der Waals surface area contributed by atoms with Gasteiger partial charge in [-0.05, 0) is 32.4 Å². The van der Waals surface area contributed by atoms with Gasteiger partial charge in [-0.15, -0.1) is 11.3 Å². The van der Waals surface area contributed by atoms with Crippen molar-refractivity contribution in [1.82, 2.24) is 20.5 Å². The Hall–Kier alpha value is -1.88. The Morgan fingerprint density at radius 1 is 1.48 bits per heavy atom. The van der Waals surface area contributed by atoms with Crippen molar-refractivity contribution in [2.75, 3.05) is 33.2 Å². The van der Waals surface area contributed by atoms with E-state index in [0.717, 1.165) is 49.1 Å². The fraction of sp³-hybridized carbons (Fsp3) is 0.688. The van der Waals surface area contributed by atoms with Gasteiger partial charge in [0.05, 0.1) is 12.5 Å². The number of hydrogen-bond donors (Lipinski definition) is 3. The zero-order valence-electron chi connectivity index (χ0n) is 15.2. The fourth-order valence-corrected chi connectivity index (χ4v) is 3.64. The molecular formula is C16H25F3N6OS. The highest BCUT2D eigenvalue weighted by atomic mass is 32.1. The van der Waals surface area contributed by atoms with Crippen LogP contribution in [0, 0.1) is 5.92 Å². The lowest BCUT2D eigenvalue weighted by Crippen LogP contribution is -2.42. The van der Waals surface area contributed by atoms with Crippen LogP contribution in [0.3, 0.4) is 0 Å². The average Bonchev–Trinajstić information content (AvgIpc) is 3.11. The molecule has 1 fully saturated rings. The van der Waals surface area contributed by atoms with E-state index >= 15 is 0 Å². The lowest BCUT2D eigenvalue weighted by atomic mass is 9.97. The van der Waals surface area contributed by atoms with E-state index in [1.807, 2.05) is 0 Å². The van der Waals surface area contributed by atoms with Gasteiger partial charge in [0.1, 0.15) is 5.01 Å². The number of nitrogens with one attached hydrogen (secondary N) is 2. The Morgan fingerprint density at radius 2 is 2.26 bits per heavy atom. The molecule has 0 aromatic carbocycles. The summed E-state index contributed by atoms with van der Waals surface area (Å²) in [6, 6.07) is 0. The molecule has 0 saturated carbocycles. The van der Waals surface area contributed by atoms with E-state index in [1.54, 1.807) is 7.05 Å². The molecule has 1 aromatic heterocycles. The minimum Gasteiger partial charge on any atom is -0.369 e. The molecule has 1 aromatic rings. The van der Waals surface area contributed by atoms with Crippen molar-refractivity contribution >= 4 is 23.2 Å². The normalized spacial score (nSPS) is 19.1. The van der Waals surface area contributed by atoms with Gasteiger partial charge in [0.25, 0.3) is 0 Å². The van der Waals surface area contributed by atoms with Crippen LogP contribution in [0.1, 0.15) is 30.0 Å². The van der Waals surface area contributed by atoms with Gasteiger partial charge in [0.15, 0.2) is 11.7 Å². The second-order valence-corrected chi connectivity index (χ2v) is 7.32. The predicted octanol–water partition coefficient (Wildman–Crippen LogP) is 1.41. The number of carbonyl (C=O) groups excluding carboxylic acids is 1. The van der Waals surface area contributed by atoms with Gasteiger partial charge in [-0.1, -0.05) is 0 Å². The number of thiazole rings is 1. The first kappa shape index (κ1) is 21.4. The second-order valence-electron chi connectivity index (χ2n) is 6.37. The highest BCUT2D eigenvalue weighted by Crippen LogP contribution is 2.29. The van der Waals surface area contributed by atoms with Crippen LogP contribution in [-0.4, -0.2) is 55.0 Å². The zero-order valence-corrected chi connectivity index (χ0v) is 16.0. The van der Waals surface area contributed by atoms with Crippen LogP contribution < -0.4 is 16.4 Å². The molecule has 0 aliphatic carbocycles. The Labute approximate surface area is 160 Å². The SMILES string of the molecule is CN=C(NCCCN1CCCC(C(N)=O)C1)NCc1nc(C(F)(F)F)cs1. The fourth-order valence-electron chi connectivity index (χ4n) is 2.90. The van der Waals surface area contributed by atoms with E-state index < -0.39 is 11.9 Å². The first-order chi connectivity index (χ1) is 12.8. The van der Waals surface area contributed by atoms with Crippen LogP contribution in [0.15, 0.2) is 10.4 Å². The molecule has 1 aliphatic rings. The number of carbonyl (C=O) groups is 1. The van der Waals surface area contributed by atoms with Gasteiger partial charge >= 0.3 is 6.18 Å². The number of nitrogens with zero attached hydrogens (tertiary/aromatic N) is 3. The predicted molar refractivity (Wildman–Crippen MR) is 98.3 cm³/mol. The molecule has 1 amide bonds. The number of alkyl halides is 3. The van der Waals surface area contributed by atoms with Crippen molar-refractivity contribution in [2.24, 2.45) is 16.6 Å². The number of halogens is 3. The quantitative estimate of drug-likeness (QED) is 0.362. The van der Waals surface area contributed by atoms with Crippen LogP contribution >= 0.6 is 11.3 Å². The number of hydrogen-bond acceptors (Lipinski definition) is 5. The highest BCUT2D eigenvalue weighted by molar-refractivity contribution is 7.09. The van der Waals surface area contributed by atoms with Gasteiger partial charge in [0, 0.05) is 25.5 Å². The monoisotopic (exact) mass is 406 g/mol. The number of guanidine groups is 1. The van der Waals surface area contributed by atoms with E-state index in [0.29, 0.717) is 24.1 Å². The van der Waals surface area contributed by atoms with Crippen LogP contribution in [0.5, 0.6) is 0 Å². The molecule has 1 aliphatic heterocycles. The molecule has 11 heteroatoms. The van der Waals surface area contributed by atoms with Gasteiger partial charge in [-0.3, -0.25) is 9.79 Å². The van der Waals surface area contributed by atoms with Crippen LogP contribution in [-0.2, 0) is 17.5 Å². The topological polar surface area (TPSA) is 95.6 Å². The minimum atomic E-state index is -4.42. The molecule has 2 rings (SSSR count). The van der Waals surface area contributed by atoms with Crippen molar-refractivity contribution < 1.29 is 18.0 Å². The largest absolute Gasteiger partial charge is 0.434 e. The molecule has 0 spiro atoms. The van der Waals surface area contributed by atoms with E-state index in [4.69, 9.17) is 5.73 Å². The summed E-state index contributed by atoms with van der Waals surface area (Å²) in [5.74, 6) is 0.201. The van der Waals surface area contributed by atoms with Crippen LogP contribution in [0.2, 0.25) is 0 Å². The molecule has 4 N–H and O–H groups in total. The summed E-state index contributed by atoms with van der Waals surface area (Å²) in [5, 5.41) is 7.43. The Bertz CT molecular complexity index is 648. The smallest absolute Gasteiger partial charge is 0.369 e. The molecule has 0 radical (unpaired) electrons. The van der Waals surface area contributed by atoms with Crippen molar-refractivity contribution in [3.63, 3.8) is 0 Å². The van der Waals surface area contributed by atoms with Gasteiger partial charge < -0.3 is 21.3 Å². The molecule has 152 valence electrons. The summed E-state index contributed by atoms with van der Waals surface area (Å²) in [4.78, 5) is 21.1. The number of piperidine rings is 1. The molecule has 0 bridgehead atoms. The number of nitrogens with two attached hydrogens (primary N) is 1. The summed E-state index contributed by atoms with van der Waals surface area (Å²) >= 11 is 0.958. The summed E-state index contributed by atoms with van der Waals surface area (Å²) in [6.45, 7) is 3.33. The van der Waals surface area contributed by atoms with Gasteiger partial charge in [-0.2, -0.15) is 13.2 Å². The number of amides is 1. The van der Waals surface area contributed by atoms with Crippen molar-refractivity contribution in [2.45, 2.75) is 32.0 Å². The van der Waals surface area contributed by atoms with Gasteiger partial charge in [0.2, 0.25) is 5.91 Å². The van der Waals surface area contributed by atoms with Crippen molar-refractivity contribution in [1.29, 1.82) is 0 Å². The lowest BCUT2D eigenvalue weighted by Gasteiger charge is -2.31. The average molecular weight is 406 g/mol. The number of primary amides is 1. The lowest BCUT2D eigenvalue weighted by molar-refractivity contribution is -0.140.